The lowest BCUT2D eigenvalue weighted by atomic mass is 10.3. The van der Waals surface area contributed by atoms with E-state index in [1.54, 1.807) is 18.3 Å². The molecule has 3 aromatic rings. The molecule has 0 aliphatic carbocycles. The van der Waals surface area contributed by atoms with Crippen LogP contribution in [0.3, 0.4) is 0 Å². The van der Waals surface area contributed by atoms with Crippen molar-refractivity contribution in [1.29, 1.82) is 0 Å². The number of carbonyl (C=O) groups excluding carboxylic acids is 1. The van der Waals surface area contributed by atoms with E-state index in [0.29, 0.717) is 35.4 Å². The molecular formula is C18H16ClN3O2S. The summed E-state index contributed by atoms with van der Waals surface area (Å²) in [4.78, 5) is 20.6. The van der Waals surface area contributed by atoms with Crippen LogP contribution >= 0.6 is 22.9 Å². The monoisotopic (exact) mass is 373 g/mol. The Hall–Kier alpha value is -2.44. The van der Waals surface area contributed by atoms with Gasteiger partial charge >= 0.3 is 0 Å². The zero-order valence-electron chi connectivity index (χ0n) is 13.3. The van der Waals surface area contributed by atoms with Gasteiger partial charge in [-0.1, -0.05) is 29.8 Å². The van der Waals surface area contributed by atoms with Crippen molar-refractivity contribution >= 4 is 34.0 Å². The molecule has 1 amide bonds. The maximum absolute atomic E-state index is 12.0. The average molecular weight is 374 g/mol. The summed E-state index contributed by atoms with van der Waals surface area (Å²) in [6.07, 6.45) is 2.66. The molecule has 0 bridgehead atoms. The van der Waals surface area contributed by atoms with Gasteiger partial charge in [0.25, 0.3) is 0 Å². The molecule has 0 aliphatic heterocycles. The van der Waals surface area contributed by atoms with Crippen molar-refractivity contribution in [2.24, 2.45) is 0 Å². The molecule has 2 aromatic heterocycles. The molecule has 25 heavy (non-hydrogen) atoms. The maximum Gasteiger partial charge on any atom is 0.226 e. The number of ether oxygens (including phenoxy) is 1. The Kier molecular flexibility index (Phi) is 5.98. The van der Waals surface area contributed by atoms with Crippen LogP contribution < -0.4 is 10.1 Å². The fourth-order valence-electron chi connectivity index (χ4n) is 2.12. The number of halogens is 1. The Morgan fingerprint density at radius 2 is 2.00 bits per heavy atom. The van der Waals surface area contributed by atoms with Crippen LogP contribution in [0, 0.1) is 0 Å². The molecule has 2 heterocycles. The number of anilines is 1. The molecule has 0 radical (unpaired) electrons. The van der Waals surface area contributed by atoms with Crippen molar-refractivity contribution < 1.29 is 9.53 Å². The number of benzene rings is 1. The molecule has 7 heteroatoms. The fourth-order valence-corrected chi connectivity index (χ4v) is 3.03. The summed E-state index contributed by atoms with van der Waals surface area (Å²) < 4.78 is 5.57. The zero-order valence-corrected chi connectivity index (χ0v) is 14.9. The number of thiazole rings is 1. The molecule has 1 aromatic carbocycles. The Labute approximate surface area is 154 Å². The van der Waals surface area contributed by atoms with E-state index in [-0.39, 0.29) is 5.91 Å². The smallest absolute Gasteiger partial charge is 0.226 e. The van der Waals surface area contributed by atoms with E-state index in [1.165, 1.54) is 11.3 Å². The second-order valence-corrected chi connectivity index (χ2v) is 6.45. The van der Waals surface area contributed by atoms with Crippen LogP contribution in [0.5, 0.6) is 5.75 Å². The number of aromatic nitrogens is 2. The van der Waals surface area contributed by atoms with E-state index in [1.807, 2.05) is 35.7 Å². The van der Waals surface area contributed by atoms with Crippen molar-refractivity contribution in [3.05, 3.63) is 59.1 Å². The van der Waals surface area contributed by atoms with E-state index in [0.717, 1.165) is 11.4 Å². The van der Waals surface area contributed by atoms with Gasteiger partial charge < -0.3 is 10.1 Å². The van der Waals surface area contributed by atoms with Gasteiger partial charge in [0.05, 0.1) is 17.3 Å². The highest BCUT2D eigenvalue weighted by Gasteiger charge is 2.09. The van der Waals surface area contributed by atoms with Gasteiger partial charge in [-0.3, -0.25) is 9.78 Å². The van der Waals surface area contributed by atoms with Crippen LogP contribution in [0.15, 0.2) is 54.0 Å². The van der Waals surface area contributed by atoms with Crippen LogP contribution in [0.4, 0.5) is 5.13 Å². The number of para-hydroxylation sites is 1. The number of nitrogens with one attached hydrogen (secondary N) is 1. The van der Waals surface area contributed by atoms with Gasteiger partial charge in [-0.05, 0) is 30.7 Å². The Balaban J connectivity index is 1.44. The van der Waals surface area contributed by atoms with Crippen LogP contribution in [-0.2, 0) is 4.79 Å². The maximum atomic E-state index is 12.0. The molecule has 0 unspecified atom stereocenters. The summed E-state index contributed by atoms with van der Waals surface area (Å²) in [6, 6.07) is 12.9. The normalized spacial score (nSPS) is 10.4. The first kappa shape index (κ1) is 17.4. The lowest BCUT2D eigenvalue weighted by Crippen LogP contribution is -2.12. The summed E-state index contributed by atoms with van der Waals surface area (Å²) in [5, 5.41) is 5.81. The van der Waals surface area contributed by atoms with E-state index in [4.69, 9.17) is 16.3 Å². The first-order valence-corrected chi connectivity index (χ1v) is 9.02. The molecule has 1 N–H and O–H groups in total. The third kappa shape index (κ3) is 5.01. The molecule has 5 nitrogen and oxygen atoms in total. The molecule has 0 saturated carbocycles. The molecule has 0 spiro atoms. The number of carbonyl (C=O) groups is 1. The minimum Gasteiger partial charge on any atom is -0.492 e. The number of amides is 1. The standard InChI is InChI=1S/C18H16ClN3O2S/c19-13-6-1-2-8-16(13)24-11-5-9-17(23)22-18-21-15(12-25-18)14-7-3-4-10-20-14/h1-4,6-8,10,12H,5,9,11H2,(H,21,22,23). The number of pyridine rings is 1. The molecule has 0 aliphatic rings. The van der Waals surface area contributed by atoms with Crippen LogP contribution in [0.2, 0.25) is 5.02 Å². The number of rotatable bonds is 7. The zero-order chi connectivity index (χ0) is 17.5. The molecule has 0 atom stereocenters. The van der Waals surface area contributed by atoms with Crippen LogP contribution in [0.1, 0.15) is 12.8 Å². The lowest BCUT2D eigenvalue weighted by molar-refractivity contribution is -0.116. The third-order valence-electron chi connectivity index (χ3n) is 3.32. The largest absolute Gasteiger partial charge is 0.492 e. The van der Waals surface area contributed by atoms with Crippen molar-refractivity contribution in [3.63, 3.8) is 0 Å². The minimum atomic E-state index is -0.0929. The predicted molar refractivity (Wildman–Crippen MR) is 100 cm³/mol. The predicted octanol–water partition coefficient (Wildman–Crippen LogP) is 4.66. The van der Waals surface area contributed by atoms with Gasteiger partial charge in [0.2, 0.25) is 5.91 Å². The molecule has 0 fully saturated rings. The summed E-state index contributed by atoms with van der Waals surface area (Å²) in [5.41, 5.74) is 1.54. The molecular weight excluding hydrogens is 358 g/mol. The fraction of sp³-hybridized carbons (Fsp3) is 0.167. The second-order valence-electron chi connectivity index (χ2n) is 5.18. The van der Waals surface area contributed by atoms with Gasteiger partial charge in [0.1, 0.15) is 11.4 Å². The van der Waals surface area contributed by atoms with Gasteiger partial charge in [0.15, 0.2) is 5.13 Å². The highest BCUT2D eigenvalue weighted by atomic mass is 35.5. The highest BCUT2D eigenvalue weighted by Crippen LogP contribution is 2.24. The van der Waals surface area contributed by atoms with Crippen molar-refractivity contribution in [3.8, 4) is 17.1 Å². The first-order chi connectivity index (χ1) is 12.2. The van der Waals surface area contributed by atoms with Gasteiger partial charge in [-0.15, -0.1) is 11.3 Å². The Morgan fingerprint density at radius 1 is 1.16 bits per heavy atom. The van der Waals surface area contributed by atoms with Gasteiger partial charge in [-0.2, -0.15) is 0 Å². The summed E-state index contributed by atoms with van der Waals surface area (Å²) in [6.45, 7) is 0.425. The molecule has 0 saturated heterocycles. The minimum absolute atomic E-state index is 0.0929. The van der Waals surface area contributed by atoms with Crippen molar-refractivity contribution in [1.82, 2.24) is 9.97 Å². The van der Waals surface area contributed by atoms with Gasteiger partial charge in [-0.25, -0.2) is 4.98 Å². The quantitative estimate of drug-likeness (QED) is 0.612. The summed E-state index contributed by atoms with van der Waals surface area (Å²) >= 11 is 7.39. The molecule has 3 rings (SSSR count). The SMILES string of the molecule is O=C(CCCOc1ccccc1Cl)Nc1nc(-c2ccccn2)cs1. The second kappa shape index (κ2) is 8.60. The van der Waals surface area contributed by atoms with Crippen LogP contribution in [-0.4, -0.2) is 22.5 Å². The third-order valence-corrected chi connectivity index (χ3v) is 4.39. The first-order valence-electron chi connectivity index (χ1n) is 7.76. The van der Waals surface area contributed by atoms with E-state index >= 15 is 0 Å². The van der Waals surface area contributed by atoms with E-state index < -0.39 is 0 Å². The van der Waals surface area contributed by atoms with Crippen LogP contribution in [0.25, 0.3) is 11.4 Å². The number of hydrogen-bond acceptors (Lipinski definition) is 5. The highest BCUT2D eigenvalue weighted by molar-refractivity contribution is 7.14. The topological polar surface area (TPSA) is 64.1 Å². The summed E-state index contributed by atoms with van der Waals surface area (Å²) in [7, 11) is 0. The molecule has 128 valence electrons. The average Bonchev–Trinajstić information content (AvgIpc) is 3.09. The Morgan fingerprint density at radius 3 is 2.80 bits per heavy atom. The van der Waals surface area contributed by atoms with Crippen molar-refractivity contribution in [2.75, 3.05) is 11.9 Å². The number of hydrogen-bond donors (Lipinski definition) is 1. The summed E-state index contributed by atoms with van der Waals surface area (Å²) in [5.74, 6) is 0.536. The number of nitrogens with zero attached hydrogens (tertiary/aromatic N) is 2. The Bertz CT molecular complexity index is 839. The van der Waals surface area contributed by atoms with Gasteiger partial charge in [0, 0.05) is 18.0 Å². The van der Waals surface area contributed by atoms with E-state index in [2.05, 4.69) is 15.3 Å². The van der Waals surface area contributed by atoms with Crippen molar-refractivity contribution in [2.45, 2.75) is 12.8 Å². The lowest BCUT2D eigenvalue weighted by Gasteiger charge is -2.07. The van der Waals surface area contributed by atoms with E-state index in [9.17, 15) is 4.79 Å².